The molecule has 0 heterocycles. The van der Waals surface area contributed by atoms with E-state index < -0.39 is 0 Å². The highest BCUT2D eigenvalue weighted by molar-refractivity contribution is 4.86. The maximum Gasteiger partial charge on any atom is -0.0351 e. The van der Waals surface area contributed by atoms with Crippen molar-refractivity contribution in [3.8, 4) is 0 Å². The topological polar surface area (TPSA) is 0 Å². The standard InChI is InChI=1S/C18H30/c1-2-4-6-8-10-12-14-16-18-17-15-13-11-9-7-5-3-1/h1-2,11-14H,3-10,15-18H2/b2-1+,13-11+,14-12?. The van der Waals surface area contributed by atoms with E-state index in [2.05, 4.69) is 36.5 Å². The molecule has 1 aliphatic rings. The Morgan fingerprint density at radius 2 is 0.444 bits per heavy atom. The Labute approximate surface area is 114 Å². The van der Waals surface area contributed by atoms with E-state index in [4.69, 9.17) is 0 Å². The number of hydrogen-bond donors (Lipinski definition) is 0. The minimum absolute atomic E-state index is 1.27. The molecule has 0 N–H and O–H groups in total. The maximum absolute atomic E-state index is 2.38. The molecule has 0 nitrogen and oxygen atoms in total. The predicted molar refractivity (Wildman–Crippen MR) is 82.8 cm³/mol. The first-order valence-corrected chi connectivity index (χ1v) is 7.95. The van der Waals surface area contributed by atoms with Crippen LogP contribution in [-0.2, 0) is 0 Å². The first-order chi connectivity index (χ1) is 9.00. The average Bonchev–Trinajstić information content (AvgIpc) is 2.39. The SMILES string of the molecule is C1=CCCCC/C=C/CCCC/C=C/CCCC1. The van der Waals surface area contributed by atoms with Gasteiger partial charge < -0.3 is 0 Å². The Morgan fingerprint density at radius 1 is 0.278 bits per heavy atom. The van der Waals surface area contributed by atoms with Gasteiger partial charge in [-0.1, -0.05) is 36.5 Å². The van der Waals surface area contributed by atoms with Crippen molar-refractivity contribution in [3.63, 3.8) is 0 Å². The van der Waals surface area contributed by atoms with Crippen molar-refractivity contribution in [1.82, 2.24) is 0 Å². The smallest absolute Gasteiger partial charge is 0.0351 e. The van der Waals surface area contributed by atoms with Crippen molar-refractivity contribution in [2.45, 2.75) is 77.0 Å². The van der Waals surface area contributed by atoms with Crippen molar-refractivity contribution < 1.29 is 0 Å². The summed E-state index contributed by atoms with van der Waals surface area (Å²) in [4.78, 5) is 0. The summed E-state index contributed by atoms with van der Waals surface area (Å²) in [5, 5.41) is 0. The second-order valence-electron chi connectivity index (χ2n) is 5.27. The zero-order valence-corrected chi connectivity index (χ0v) is 11.9. The molecule has 0 radical (unpaired) electrons. The van der Waals surface area contributed by atoms with Crippen molar-refractivity contribution in [2.75, 3.05) is 0 Å². The lowest BCUT2D eigenvalue weighted by molar-refractivity contribution is 0.730. The molecule has 102 valence electrons. The fourth-order valence-electron chi connectivity index (χ4n) is 2.28. The second kappa shape index (κ2) is 12.7. The quantitative estimate of drug-likeness (QED) is 0.437. The Hall–Kier alpha value is -0.780. The van der Waals surface area contributed by atoms with Gasteiger partial charge in [0, 0.05) is 0 Å². The van der Waals surface area contributed by atoms with Crippen molar-refractivity contribution in [3.05, 3.63) is 36.5 Å². The zero-order valence-electron chi connectivity index (χ0n) is 11.9. The maximum atomic E-state index is 2.38. The lowest BCUT2D eigenvalue weighted by atomic mass is 10.1. The van der Waals surface area contributed by atoms with Gasteiger partial charge >= 0.3 is 0 Å². The van der Waals surface area contributed by atoms with E-state index in [9.17, 15) is 0 Å². The van der Waals surface area contributed by atoms with Gasteiger partial charge in [0.15, 0.2) is 0 Å². The molecular formula is C18H30. The summed E-state index contributed by atoms with van der Waals surface area (Å²) < 4.78 is 0. The molecule has 0 bridgehead atoms. The van der Waals surface area contributed by atoms with Gasteiger partial charge in [0.05, 0.1) is 0 Å². The highest BCUT2D eigenvalue weighted by Crippen LogP contribution is 2.08. The van der Waals surface area contributed by atoms with Gasteiger partial charge in [0.2, 0.25) is 0 Å². The largest absolute Gasteiger partial charge is 0.0885 e. The van der Waals surface area contributed by atoms with Crippen LogP contribution in [0.5, 0.6) is 0 Å². The summed E-state index contributed by atoms with van der Waals surface area (Å²) in [6.07, 6.45) is 30.0. The van der Waals surface area contributed by atoms with E-state index in [1.54, 1.807) is 0 Å². The van der Waals surface area contributed by atoms with Gasteiger partial charge in [0.1, 0.15) is 0 Å². The Morgan fingerprint density at radius 3 is 0.611 bits per heavy atom. The summed E-state index contributed by atoms with van der Waals surface area (Å²) in [7, 11) is 0. The Balaban J connectivity index is 2.19. The summed E-state index contributed by atoms with van der Waals surface area (Å²) in [5.74, 6) is 0. The minimum atomic E-state index is 1.27. The molecule has 18 heavy (non-hydrogen) atoms. The van der Waals surface area contributed by atoms with Gasteiger partial charge in [-0.05, 0) is 77.0 Å². The number of allylic oxidation sites excluding steroid dienone is 6. The third-order valence-corrected chi connectivity index (χ3v) is 3.47. The molecule has 0 heteroatoms. The Kier molecular flexibility index (Phi) is 10.8. The highest BCUT2D eigenvalue weighted by atomic mass is 13.9. The van der Waals surface area contributed by atoms with Crippen LogP contribution in [0.3, 0.4) is 0 Å². The average molecular weight is 246 g/mol. The fraction of sp³-hybridized carbons (Fsp3) is 0.667. The molecule has 0 spiro atoms. The molecule has 0 aromatic heterocycles. The van der Waals surface area contributed by atoms with Crippen LogP contribution in [0.1, 0.15) is 77.0 Å². The van der Waals surface area contributed by atoms with Crippen LogP contribution in [0.15, 0.2) is 36.5 Å². The van der Waals surface area contributed by atoms with Crippen LogP contribution in [-0.4, -0.2) is 0 Å². The normalized spacial score (nSPS) is 24.9. The van der Waals surface area contributed by atoms with Crippen LogP contribution >= 0.6 is 0 Å². The summed E-state index contributed by atoms with van der Waals surface area (Å²) in [5.41, 5.74) is 0. The molecule has 1 rings (SSSR count). The zero-order chi connectivity index (χ0) is 12.7. The lowest BCUT2D eigenvalue weighted by Gasteiger charge is -1.97. The van der Waals surface area contributed by atoms with E-state index in [1.807, 2.05) is 0 Å². The molecular weight excluding hydrogens is 216 g/mol. The summed E-state index contributed by atoms with van der Waals surface area (Å²) >= 11 is 0. The second-order valence-corrected chi connectivity index (χ2v) is 5.27. The van der Waals surface area contributed by atoms with Crippen LogP contribution in [0, 0.1) is 0 Å². The van der Waals surface area contributed by atoms with Crippen LogP contribution in [0.2, 0.25) is 0 Å². The third-order valence-electron chi connectivity index (χ3n) is 3.47. The molecule has 0 amide bonds. The lowest BCUT2D eigenvalue weighted by Crippen LogP contribution is -1.77. The van der Waals surface area contributed by atoms with Gasteiger partial charge in [-0.3, -0.25) is 0 Å². The predicted octanol–water partition coefficient (Wildman–Crippen LogP) is 6.35. The molecule has 0 atom stereocenters. The summed E-state index contributed by atoms with van der Waals surface area (Å²) in [6, 6.07) is 0. The van der Waals surface area contributed by atoms with Crippen LogP contribution < -0.4 is 0 Å². The van der Waals surface area contributed by atoms with Gasteiger partial charge in [-0.15, -0.1) is 0 Å². The van der Waals surface area contributed by atoms with Gasteiger partial charge in [0.25, 0.3) is 0 Å². The third kappa shape index (κ3) is 10.4. The molecule has 0 fully saturated rings. The van der Waals surface area contributed by atoms with E-state index in [0.29, 0.717) is 0 Å². The van der Waals surface area contributed by atoms with Crippen LogP contribution in [0.4, 0.5) is 0 Å². The van der Waals surface area contributed by atoms with Crippen molar-refractivity contribution >= 4 is 0 Å². The van der Waals surface area contributed by atoms with E-state index in [0.717, 1.165) is 0 Å². The molecule has 1 aliphatic carbocycles. The molecule has 0 saturated heterocycles. The fourth-order valence-corrected chi connectivity index (χ4v) is 2.28. The van der Waals surface area contributed by atoms with Gasteiger partial charge in [-0.2, -0.15) is 0 Å². The molecule has 0 aliphatic heterocycles. The Bertz CT molecular complexity index is 178. The molecule has 0 saturated carbocycles. The molecule has 0 unspecified atom stereocenters. The first-order valence-electron chi connectivity index (χ1n) is 7.95. The molecule has 0 aromatic rings. The first kappa shape index (κ1) is 15.3. The summed E-state index contributed by atoms with van der Waals surface area (Å²) in [6.45, 7) is 0. The minimum Gasteiger partial charge on any atom is -0.0885 e. The number of rotatable bonds is 0. The molecule has 0 aromatic carbocycles. The monoisotopic (exact) mass is 246 g/mol. The van der Waals surface area contributed by atoms with E-state index >= 15 is 0 Å². The number of hydrogen-bond acceptors (Lipinski definition) is 0. The highest BCUT2D eigenvalue weighted by Gasteiger charge is 1.88. The van der Waals surface area contributed by atoms with Crippen molar-refractivity contribution in [2.24, 2.45) is 0 Å². The van der Waals surface area contributed by atoms with Crippen LogP contribution in [0.25, 0.3) is 0 Å². The van der Waals surface area contributed by atoms with E-state index in [-0.39, 0.29) is 0 Å². The van der Waals surface area contributed by atoms with E-state index in [1.165, 1.54) is 77.0 Å². The van der Waals surface area contributed by atoms with Crippen molar-refractivity contribution in [1.29, 1.82) is 0 Å². The van der Waals surface area contributed by atoms with Gasteiger partial charge in [-0.25, -0.2) is 0 Å².